The number of methoxy groups -OCH3 is 1. The highest BCUT2D eigenvalue weighted by molar-refractivity contribution is 8.26. The van der Waals surface area contributed by atoms with E-state index in [1.807, 2.05) is 12.1 Å². The first-order valence-corrected chi connectivity index (χ1v) is 10.8. The van der Waals surface area contributed by atoms with Crippen LogP contribution in [0.15, 0.2) is 34.1 Å². The smallest absolute Gasteiger partial charge is 0.267 e. The number of thioether (sulfide) groups is 1. The van der Waals surface area contributed by atoms with Crippen LogP contribution < -0.4 is 10.5 Å². The molecule has 2 aromatic rings. The lowest BCUT2D eigenvalue weighted by Gasteiger charge is -2.29. The second-order valence-electron chi connectivity index (χ2n) is 6.96. The number of carbonyl (C=O) groups excluding carboxylic acids is 1. The molecule has 1 amide bonds. The van der Waals surface area contributed by atoms with Crippen molar-refractivity contribution in [1.29, 1.82) is 0 Å². The number of carbonyl (C=O) groups is 1. The molecule has 0 bridgehead atoms. The average Bonchev–Trinajstić information content (AvgIpc) is 3.01. The fraction of sp³-hybridized carbons (Fsp3) is 0.400. The van der Waals surface area contributed by atoms with Crippen LogP contribution in [-0.2, 0) is 9.53 Å². The number of thiocarbonyl (C=S) groups is 1. The molecular weight excluding hydrogens is 408 g/mol. The zero-order chi connectivity index (χ0) is 20.4. The third-order valence-electron chi connectivity index (χ3n) is 5.07. The summed E-state index contributed by atoms with van der Waals surface area (Å²) in [6, 6.07) is 5.48. The molecule has 152 valence electrons. The van der Waals surface area contributed by atoms with Gasteiger partial charge >= 0.3 is 0 Å². The number of ether oxygens (including phenoxy) is 1. The third kappa shape index (κ3) is 3.94. The van der Waals surface area contributed by atoms with Gasteiger partial charge in [0.05, 0.1) is 23.6 Å². The Bertz CT molecular complexity index is 1040. The van der Waals surface area contributed by atoms with Gasteiger partial charge in [-0.15, -0.1) is 0 Å². The van der Waals surface area contributed by atoms with E-state index in [2.05, 4.69) is 4.90 Å². The van der Waals surface area contributed by atoms with Crippen molar-refractivity contribution < 1.29 is 9.53 Å². The van der Waals surface area contributed by atoms with Gasteiger partial charge in [-0.2, -0.15) is 0 Å². The summed E-state index contributed by atoms with van der Waals surface area (Å²) in [5, 5.41) is 0. The number of hydrogen-bond acceptors (Lipinski definition) is 7. The van der Waals surface area contributed by atoms with Crippen LogP contribution in [0.4, 0.5) is 5.82 Å². The maximum Gasteiger partial charge on any atom is 0.267 e. The highest BCUT2D eigenvalue weighted by Gasteiger charge is 2.32. The van der Waals surface area contributed by atoms with Crippen molar-refractivity contribution in [2.75, 3.05) is 38.3 Å². The number of amides is 1. The molecule has 2 fully saturated rings. The molecule has 2 saturated heterocycles. The molecule has 2 aromatic heterocycles. The number of piperidine rings is 1. The van der Waals surface area contributed by atoms with Crippen molar-refractivity contribution in [3.63, 3.8) is 0 Å². The van der Waals surface area contributed by atoms with Gasteiger partial charge in [0.1, 0.15) is 15.8 Å². The molecule has 2 aliphatic rings. The molecule has 7 nitrogen and oxygen atoms in total. The molecule has 0 aliphatic carbocycles. The van der Waals surface area contributed by atoms with Gasteiger partial charge < -0.3 is 9.64 Å². The fourth-order valence-corrected chi connectivity index (χ4v) is 4.86. The van der Waals surface area contributed by atoms with Crippen LogP contribution in [0, 0.1) is 0 Å². The Morgan fingerprint density at radius 3 is 2.79 bits per heavy atom. The summed E-state index contributed by atoms with van der Waals surface area (Å²) >= 11 is 6.57. The average molecular weight is 431 g/mol. The van der Waals surface area contributed by atoms with Gasteiger partial charge in [0, 0.05) is 26.4 Å². The molecule has 0 aromatic carbocycles. The molecule has 0 N–H and O–H groups in total. The van der Waals surface area contributed by atoms with Crippen LogP contribution in [-0.4, -0.2) is 57.9 Å². The topological polar surface area (TPSA) is 67.2 Å². The van der Waals surface area contributed by atoms with Gasteiger partial charge in [-0.05, 0) is 37.5 Å². The zero-order valence-corrected chi connectivity index (χ0v) is 17.8. The van der Waals surface area contributed by atoms with Gasteiger partial charge in [0.2, 0.25) is 0 Å². The molecule has 0 saturated carbocycles. The monoisotopic (exact) mass is 430 g/mol. The molecule has 0 radical (unpaired) electrons. The minimum absolute atomic E-state index is 0.182. The van der Waals surface area contributed by atoms with Crippen LogP contribution in [0.2, 0.25) is 0 Å². The predicted octanol–water partition coefficient (Wildman–Crippen LogP) is 2.53. The first-order valence-electron chi connectivity index (χ1n) is 9.61. The Morgan fingerprint density at radius 2 is 2.03 bits per heavy atom. The lowest BCUT2D eigenvalue weighted by molar-refractivity contribution is -0.122. The number of aromatic nitrogens is 2. The number of fused-ring (bicyclic) bond motifs is 1. The van der Waals surface area contributed by atoms with Gasteiger partial charge in [0.25, 0.3) is 11.5 Å². The molecular formula is C20H22N4O3S2. The molecule has 2 aliphatic heterocycles. The number of rotatable bonds is 5. The van der Waals surface area contributed by atoms with E-state index in [-0.39, 0.29) is 11.5 Å². The number of anilines is 1. The highest BCUT2D eigenvalue weighted by Crippen LogP contribution is 2.33. The van der Waals surface area contributed by atoms with Crippen LogP contribution in [0.25, 0.3) is 11.7 Å². The van der Waals surface area contributed by atoms with Gasteiger partial charge in [0.15, 0.2) is 0 Å². The first kappa shape index (κ1) is 20.1. The summed E-state index contributed by atoms with van der Waals surface area (Å²) in [7, 11) is 1.58. The van der Waals surface area contributed by atoms with Crippen LogP contribution >= 0.6 is 24.0 Å². The maximum absolute atomic E-state index is 13.3. The fourth-order valence-electron chi connectivity index (χ4n) is 3.57. The Balaban J connectivity index is 1.81. The Hall–Kier alpha value is -2.23. The van der Waals surface area contributed by atoms with E-state index < -0.39 is 0 Å². The summed E-state index contributed by atoms with van der Waals surface area (Å²) in [4.78, 5) is 35.0. The van der Waals surface area contributed by atoms with Crippen LogP contribution in [0.3, 0.4) is 0 Å². The maximum atomic E-state index is 13.3. The minimum Gasteiger partial charge on any atom is -0.383 e. The van der Waals surface area contributed by atoms with E-state index in [1.54, 1.807) is 25.4 Å². The SMILES string of the molecule is COCCN1C(=O)/C(=C/c2c(N3CCCCC3)nc3ccccn3c2=O)SC1=S. The van der Waals surface area contributed by atoms with Gasteiger partial charge in [-0.3, -0.25) is 18.9 Å². The van der Waals surface area contributed by atoms with Crippen molar-refractivity contribution in [2.45, 2.75) is 19.3 Å². The third-order valence-corrected chi connectivity index (χ3v) is 6.45. The molecule has 0 atom stereocenters. The second-order valence-corrected chi connectivity index (χ2v) is 8.63. The summed E-state index contributed by atoms with van der Waals surface area (Å²) in [5.74, 6) is 0.447. The van der Waals surface area contributed by atoms with Gasteiger partial charge in [-0.1, -0.05) is 30.0 Å². The lowest BCUT2D eigenvalue weighted by Crippen LogP contribution is -2.33. The van der Waals surface area contributed by atoms with E-state index >= 15 is 0 Å². The van der Waals surface area contributed by atoms with Crippen LogP contribution in [0.1, 0.15) is 24.8 Å². The predicted molar refractivity (Wildman–Crippen MR) is 119 cm³/mol. The first-order chi connectivity index (χ1) is 14.1. The zero-order valence-electron chi connectivity index (χ0n) is 16.2. The standard InChI is InChI=1S/C20H22N4O3S2/c1-27-12-11-24-19(26)15(29-20(24)28)13-14-17(22-8-4-2-5-9-22)21-16-7-3-6-10-23(16)18(14)25/h3,6-7,10,13H,2,4-5,8-9,11-12H2,1H3/b15-13-. The summed E-state index contributed by atoms with van der Waals surface area (Å²) < 4.78 is 7.06. The van der Waals surface area contributed by atoms with E-state index in [0.717, 1.165) is 25.9 Å². The molecule has 0 unspecified atom stereocenters. The molecule has 4 heterocycles. The van der Waals surface area contributed by atoms with E-state index in [0.29, 0.717) is 39.4 Å². The summed E-state index contributed by atoms with van der Waals surface area (Å²) in [6.45, 7) is 2.50. The van der Waals surface area contributed by atoms with E-state index in [4.69, 9.17) is 21.9 Å². The van der Waals surface area contributed by atoms with Crippen molar-refractivity contribution in [3.8, 4) is 0 Å². The van der Waals surface area contributed by atoms with Gasteiger partial charge in [-0.25, -0.2) is 4.98 Å². The van der Waals surface area contributed by atoms with E-state index in [1.165, 1.54) is 27.5 Å². The second kappa shape index (κ2) is 8.64. The van der Waals surface area contributed by atoms with Crippen molar-refractivity contribution in [1.82, 2.24) is 14.3 Å². The molecule has 0 spiro atoms. The Labute approximate surface area is 178 Å². The van der Waals surface area contributed by atoms with Crippen molar-refractivity contribution in [2.24, 2.45) is 0 Å². The lowest BCUT2D eigenvalue weighted by atomic mass is 10.1. The minimum atomic E-state index is -0.195. The Kier molecular flexibility index (Phi) is 5.98. The summed E-state index contributed by atoms with van der Waals surface area (Å²) in [6.07, 6.45) is 6.66. The normalized spacial score (nSPS) is 19.0. The number of pyridine rings is 1. The quantitative estimate of drug-likeness (QED) is 0.533. The number of hydrogen-bond donors (Lipinski definition) is 0. The largest absolute Gasteiger partial charge is 0.383 e. The summed E-state index contributed by atoms with van der Waals surface area (Å²) in [5.41, 5.74) is 0.851. The van der Waals surface area contributed by atoms with Crippen molar-refractivity contribution in [3.05, 3.63) is 45.2 Å². The molecule has 29 heavy (non-hydrogen) atoms. The highest BCUT2D eigenvalue weighted by atomic mass is 32.2. The van der Waals surface area contributed by atoms with Crippen LogP contribution in [0.5, 0.6) is 0 Å². The molecule has 9 heteroatoms. The number of nitrogens with zero attached hydrogens (tertiary/aromatic N) is 4. The van der Waals surface area contributed by atoms with Crippen molar-refractivity contribution >= 4 is 51.7 Å². The molecule has 4 rings (SSSR count). The van der Waals surface area contributed by atoms with E-state index in [9.17, 15) is 9.59 Å². The Morgan fingerprint density at radius 1 is 1.24 bits per heavy atom.